The van der Waals surface area contributed by atoms with E-state index in [4.69, 9.17) is 0 Å². The molecule has 0 saturated carbocycles. The normalized spacial score (nSPS) is 11.4. The van der Waals surface area contributed by atoms with E-state index in [0.717, 1.165) is 42.7 Å². The zero-order valence-electron chi connectivity index (χ0n) is 20.6. The van der Waals surface area contributed by atoms with Crippen molar-refractivity contribution in [2.45, 2.75) is 21.3 Å². The number of phenols is 4. The van der Waals surface area contributed by atoms with Crippen LogP contribution in [0.3, 0.4) is 0 Å². The number of hydrogen-bond donors (Lipinski definition) is 4. The Hall–Kier alpha value is -3.77. The highest BCUT2D eigenvalue weighted by atomic mass is 32.2. The molecule has 40 heavy (non-hydrogen) atoms. The summed E-state index contributed by atoms with van der Waals surface area (Å²) in [5.74, 6) is 0.381. The highest BCUT2D eigenvalue weighted by molar-refractivity contribution is 7.98. The third kappa shape index (κ3) is 5.59. The molecule has 0 fully saturated rings. The predicted molar refractivity (Wildman–Crippen MR) is 161 cm³/mol. The average Bonchev–Trinajstić information content (AvgIpc) is 3.62. The summed E-state index contributed by atoms with van der Waals surface area (Å²) in [5.41, 5.74) is 1.60. The van der Waals surface area contributed by atoms with E-state index in [1.165, 1.54) is 46.9 Å². The van der Waals surface area contributed by atoms with Gasteiger partial charge >= 0.3 is 0 Å². The van der Waals surface area contributed by atoms with Crippen molar-refractivity contribution < 1.29 is 25.2 Å². The minimum absolute atomic E-state index is 0.145. The van der Waals surface area contributed by atoms with Gasteiger partial charge in [-0.15, -0.1) is 46.2 Å². The van der Waals surface area contributed by atoms with Crippen molar-refractivity contribution in [1.82, 2.24) is 9.97 Å². The number of thioether (sulfide) groups is 2. The lowest BCUT2D eigenvalue weighted by Crippen LogP contribution is -2.00. The molecule has 0 spiro atoms. The number of aromatic nitrogens is 2. The smallest absolute Gasteiger partial charge is 0.250 e. The maximum atomic E-state index is 13.0. The van der Waals surface area contributed by atoms with Crippen LogP contribution in [0.1, 0.15) is 26.2 Å². The number of hydrogen-bond acceptors (Lipinski definition) is 11. The summed E-state index contributed by atoms with van der Waals surface area (Å²) < 4.78 is 0. The molecular weight excluding hydrogens is 585 g/mol. The summed E-state index contributed by atoms with van der Waals surface area (Å²) >= 11 is 5.76. The van der Waals surface area contributed by atoms with Gasteiger partial charge in [-0.2, -0.15) is 0 Å². The Bertz CT molecular complexity index is 1760. The molecule has 6 rings (SSSR count). The SMILES string of the molecule is O=C(c1nc(CSc2ccc3cc(O)c(O)cc3c2)cs1)c1nc(CSc2ccc3cc(O)c(O)cc3c2)cs1. The number of aromatic hydroxyl groups is 4. The first kappa shape index (κ1) is 26.5. The van der Waals surface area contributed by atoms with Crippen LogP contribution in [-0.4, -0.2) is 36.2 Å². The molecule has 0 saturated heterocycles. The van der Waals surface area contributed by atoms with Crippen LogP contribution < -0.4 is 0 Å². The lowest BCUT2D eigenvalue weighted by molar-refractivity contribution is 0.103. The van der Waals surface area contributed by atoms with E-state index in [0.29, 0.717) is 21.5 Å². The molecule has 4 aromatic carbocycles. The number of carbonyl (C=O) groups is 1. The van der Waals surface area contributed by atoms with Gasteiger partial charge in [0.15, 0.2) is 33.0 Å². The molecule has 6 aromatic rings. The van der Waals surface area contributed by atoms with Crippen molar-refractivity contribution >= 4 is 73.5 Å². The summed E-state index contributed by atoms with van der Waals surface area (Å²) in [4.78, 5) is 24.1. The number of rotatable bonds is 8. The third-order valence-electron chi connectivity index (χ3n) is 6.08. The Morgan fingerprint density at radius 1 is 0.600 bits per heavy atom. The van der Waals surface area contributed by atoms with Crippen molar-refractivity contribution in [2.24, 2.45) is 0 Å². The zero-order chi connectivity index (χ0) is 27.8. The first-order chi connectivity index (χ1) is 19.3. The van der Waals surface area contributed by atoms with Crippen LogP contribution in [0.25, 0.3) is 21.5 Å². The fraction of sp³-hybridized carbons (Fsp3) is 0.0690. The molecular formula is C29H20N2O5S4. The highest BCUT2D eigenvalue weighted by Crippen LogP contribution is 2.35. The molecule has 200 valence electrons. The van der Waals surface area contributed by atoms with Crippen LogP contribution in [-0.2, 0) is 11.5 Å². The van der Waals surface area contributed by atoms with Gasteiger partial charge in [-0.3, -0.25) is 4.79 Å². The van der Waals surface area contributed by atoms with Gasteiger partial charge in [-0.1, -0.05) is 12.1 Å². The molecule has 0 bridgehead atoms. The van der Waals surface area contributed by atoms with Gasteiger partial charge < -0.3 is 20.4 Å². The van der Waals surface area contributed by atoms with E-state index in [9.17, 15) is 25.2 Å². The van der Waals surface area contributed by atoms with Crippen LogP contribution in [0, 0.1) is 0 Å². The van der Waals surface area contributed by atoms with Crippen LogP contribution in [0.15, 0.2) is 81.2 Å². The monoisotopic (exact) mass is 604 g/mol. The van der Waals surface area contributed by atoms with E-state index >= 15 is 0 Å². The minimum atomic E-state index is -0.190. The zero-order valence-corrected chi connectivity index (χ0v) is 23.8. The standard InChI is InChI=1S/C29H20N2O5S4/c32-23-7-15-1-3-21(5-17(15)9-25(23)34)37-11-19-13-39-28(30-19)27(36)29-31-20(14-40-29)12-38-22-4-2-16-8-24(33)26(35)10-18(16)6-22/h1-10,13-14,32-35H,11-12H2. The Morgan fingerprint density at radius 3 is 1.43 bits per heavy atom. The fourth-order valence-corrected chi connectivity index (χ4v) is 7.51. The minimum Gasteiger partial charge on any atom is -0.504 e. The largest absolute Gasteiger partial charge is 0.504 e. The molecule has 2 heterocycles. The Labute approximate surface area is 244 Å². The first-order valence-electron chi connectivity index (χ1n) is 11.9. The van der Waals surface area contributed by atoms with Crippen LogP contribution in [0.5, 0.6) is 23.0 Å². The third-order valence-corrected chi connectivity index (χ3v) is 9.91. The number of phenolic OH excluding ortho intramolecular Hbond substituents is 4. The number of thiazole rings is 2. The van der Waals surface area contributed by atoms with E-state index in [1.807, 2.05) is 47.2 Å². The Balaban J connectivity index is 1.07. The van der Waals surface area contributed by atoms with Crippen molar-refractivity contribution in [3.05, 3.63) is 92.8 Å². The molecule has 0 radical (unpaired) electrons. The number of fused-ring (bicyclic) bond motifs is 2. The second kappa shape index (κ2) is 11.0. The van der Waals surface area contributed by atoms with Gasteiger partial charge in [-0.05, 0) is 70.1 Å². The molecule has 0 unspecified atom stereocenters. The molecule has 2 aromatic heterocycles. The van der Waals surface area contributed by atoms with Gasteiger partial charge in [0.1, 0.15) is 0 Å². The number of carbonyl (C=O) groups excluding carboxylic acids is 1. The summed E-state index contributed by atoms with van der Waals surface area (Å²) in [7, 11) is 0. The van der Waals surface area contributed by atoms with E-state index in [1.54, 1.807) is 23.5 Å². The molecule has 0 aliphatic heterocycles. The molecule has 0 amide bonds. The maximum Gasteiger partial charge on any atom is 0.250 e. The predicted octanol–water partition coefficient (Wildman–Crippen LogP) is 7.54. The summed E-state index contributed by atoms with van der Waals surface area (Å²) in [6.45, 7) is 0. The van der Waals surface area contributed by atoms with E-state index in [2.05, 4.69) is 9.97 Å². The highest BCUT2D eigenvalue weighted by Gasteiger charge is 2.18. The van der Waals surface area contributed by atoms with Gasteiger partial charge in [-0.25, -0.2) is 9.97 Å². The number of ketones is 1. The van der Waals surface area contributed by atoms with E-state index < -0.39 is 0 Å². The molecule has 0 aliphatic rings. The average molecular weight is 605 g/mol. The number of benzene rings is 4. The van der Waals surface area contributed by atoms with E-state index in [-0.39, 0.29) is 28.8 Å². The second-order valence-corrected chi connectivity index (χ2v) is 12.7. The summed E-state index contributed by atoms with van der Waals surface area (Å²) in [6.07, 6.45) is 0. The van der Waals surface area contributed by atoms with Crippen molar-refractivity contribution in [1.29, 1.82) is 0 Å². The van der Waals surface area contributed by atoms with Gasteiger partial charge in [0.2, 0.25) is 5.78 Å². The van der Waals surface area contributed by atoms with Crippen LogP contribution >= 0.6 is 46.2 Å². The maximum absolute atomic E-state index is 13.0. The quantitative estimate of drug-likeness (QED) is 0.0792. The Kier molecular flexibility index (Phi) is 7.28. The fourth-order valence-electron chi connectivity index (χ4n) is 4.04. The van der Waals surface area contributed by atoms with Gasteiger partial charge in [0, 0.05) is 32.1 Å². The van der Waals surface area contributed by atoms with Crippen LogP contribution in [0.4, 0.5) is 0 Å². The van der Waals surface area contributed by atoms with Crippen molar-refractivity contribution in [3.63, 3.8) is 0 Å². The Morgan fingerprint density at radius 2 is 1.00 bits per heavy atom. The van der Waals surface area contributed by atoms with Crippen molar-refractivity contribution in [2.75, 3.05) is 0 Å². The summed E-state index contributed by atoms with van der Waals surface area (Å²) in [6, 6.07) is 17.7. The topological polar surface area (TPSA) is 124 Å². The number of nitrogens with zero attached hydrogens (tertiary/aromatic N) is 2. The van der Waals surface area contributed by atoms with Gasteiger partial charge in [0.25, 0.3) is 0 Å². The molecule has 4 N–H and O–H groups in total. The van der Waals surface area contributed by atoms with Gasteiger partial charge in [0.05, 0.1) is 11.4 Å². The first-order valence-corrected chi connectivity index (χ1v) is 15.7. The molecule has 0 atom stereocenters. The van der Waals surface area contributed by atoms with Crippen molar-refractivity contribution in [3.8, 4) is 23.0 Å². The lowest BCUT2D eigenvalue weighted by Gasteiger charge is -2.05. The molecule has 0 aliphatic carbocycles. The van der Waals surface area contributed by atoms with Crippen LogP contribution in [0.2, 0.25) is 0 Å². The molecule has 7 nitrogen and oxygen atoms in total. The molecule has 11 heteroatoms. The second-order valence-electron chi connectivity index (χ2n) is 8.89. The lowest BCUT2D eigenvalue weighted by atomic mass is 10.1. The summed E-state index contributed by atoms with van der Waals surface area (Å²) in [5, 5.41) is 46.8.